The number of rotatable bonds is 9. The second-order valence-electron chi connectivity index (χ2n) is 7.76. The molecule has 32 heavy (non-hydrogen) atoms. The van der Waals surface area contributed by atoms with Crippen molar-refractivity contribution in [2.24, 2.45) is 0 Å². The Bertz CT molecular complexity index is 1070. The highest BCUT2D eigenvalue weighted by Crippen LogP contribution is 2.29. The first-order valence-electron chi connectivity index (χ1n) is 10.3. The molecule has 1 atom stereocenters. The van der Waals surface area contributed by atoms with Gasteiger partial charge >= 0.3 is 0 Å². The SMILES string of the molecule is Cc1ccc(NC(=O)CNc2cc(Cl)ccc2OCC2CCCO2)cc1S(=O)(=O)N(C)C. The lowest BCUT2D eigenvalue weighted by Gasteiger charge is -2.17. The molecular weight excluding hydrogens is 454 g/mol. The van der Waals surface area contributed by atoms with Gasteiger partial charge in [0.1, 0.15) is 12.4 Å². The van der Waals surface area contributed by atoms with Gasteiger partial charge in [0.05, 0.1) is 23.2 Å². The minimum atomic E-state index is -3.62. The Kier molecular flexibility index (Phi) is 8.00. The van der Waals surface area contributed by atoms with Crippen molar-refractivity contribution in [3.05, 3.63) is 47.0 Å². The van der Waals surface area contributed by atoms with Gasteiger partial charge in [-0.15, -0.1) is 0 Å². The molecule has 1 saturated heterocycles. The number of aryl methyl sites for hydroxylation is 1. The van der Waals surface area contributed by atoms with E-state index in [0.29, 0.717) is 34.3 Å². The van der Waals surface area contributed by atoms with Crippen LogP contribution >= 0.6 is 11.6 Å². The molecule has 0 aromatic heterocycles. The zero-order valence-electron chi connectivity index (χ0n) is 18.4. The molecule has 0 radical (unpaired) electrons. The Hall–Kier alpha value is -2.33. The monoisotopic (exact) mass is 481 g/mol. The number of ether oxygens (including phenoxy) is 2. The maximum absolute atomic E-state index is 12.5. The summed E-state index contributed by atoms with van der Waals surface area (Å²) in [5.41, 5.74) is 1.58. The molecule has 8 nitrogen and oxygen atoms in total. The van der Waals surface area contributed by atoms with Crippen LogP contribution in [0.2, 0.25) is 5.02 Å². The Morgan fingerprint density at radius 3 is 2.72 bits per heavy atom. The van der Waals surface area contributed by atoms with Crippen molar-refractivity contribution >= 4 is 38.9 Å². The van der Waals surface area contributed by atoms with Gasteiger partial charge in [-0.1, -0.05) is 17.7 Å². The maximum atomic E-state index is 12.5. The molecule has 0 saturated carbocycles. The number of halogens is 1. The summed E-state index contributed by atoms with van der Waals surface area (Å²) in [6.45, 7) is 2.83. The first kappa shape index (κ1) is 24.3. The van der Waals surface area contributed by atoms with Crippen molar-refractivity contribution < 1.29 is 22.7 Å². The van der Waals surface area contributed by atoms with E-state index in [1.165, 1.54) is 20.2 Å². The Morgan fingerprint density at radius 1 is 1.25 bits per heavy atom. The first-order chi connectivity index (χ1) is 15.2. The molecule has 1 heterocycles. The fraction of sp³-hybridized carbons (Fsp3) is 0.409. The van der Waals surface area contributed by atoms with E-state index in [-0.39, 0.29) is 23.5 Å². The van der Waals surface area contributed by atoms with Gasteiger partial charge in [0.15, 0.2) is 0 Å². The number of benzene rings is 2. The fourth-order valence-corrected chi connectivity index (χ4v) is 4.57. The van der Waals surface area contributed by atoms with E-state index in [2.05, 4.69) is 10.6 Å². The molecule has 0 spiro atoms. The molecule has 3 rings (SSSR count). The van der Waals surface area contributed by atoms with E-state index in [9.17, 15) is 13.2 Å². The van der Waals surface area contributed by atoms with Gasteiger partial charge in [-0.3, -0.25) is 4.79 Å². The standard InChI is InChI=1S/C22H28ClN3O5S/c1-15-6-8-17(12-21(15)32(28,29)26(2)3)25-22(27)13-24-19-11-16(23)7-9-20(19)31-14-18-5-4-10-30-18/h6-9,11-12,18,24H,4-5,10,13-14H2,1-3H3,(H,25,27). The van der Waals surface area contributed by atoms with Gasteiger partial charge in [0.2, 0.25) is 15.9 Å². The first-order valence-corrected chi connectivity index (χ1v) is 12.1. The second kappa shape index (κ2) is 10.5. The molecule has 1 aliphatic rings. The van der Waals surface area contributed by atoms with Crippen LogP contribution in [0.15, 0.2) is 41.3 Å². The molecule has 1 unspecified atom stereocenters. The minimum absolute atomic E-state index is 0.0553. The number of anilines is 2. The summed E-state index contributed by atoms with van der Waals surface area (Å²) in [5, 5.41) is 6.27. The number of hydrogen-bond donors (Lipinski definition) is 2. The van der Waals surface area contributed by atoms with E-state index in [4.69, 9.17) is 21.1 Å². The lowest BCUT2D eigenvalue weighted by molar-refractivity contribution is -0.114. The van der Waals surface area contributed by atoms with E-state index < -0.39 is 10.0 Å². The average molecular weight is 482 g/mol. The predicted molar refractivity (Wildman–Crippen MR) is 125 cm³/mol. The molecule has 2 N–H and O–H groups in total. The van der Waals surface area contributed by atoms with Gasteiger partial charge in [-0.25, -0.2) is 12.7 Å². The van der Waals surface area contributed by atoms with E-state index >= 15 is 0 Å². The predicted octanol–water partition coefficient (Wildman–Crippen LogP) is 3.51. The van der Waals surface area contributed by atoms with Crippen molar-refractivity contribution in [1.29, 1.82) is 0 Å². The van der Waals surface area contributed by atoms with Crippen LogP contribution in [-0.2, 0) is 19.6 Å². The molecule has 2 aromatic carbocycles. The second-order valence-corrected chi connectivity index (χ2v) is 10.3. The Labute approximate surface area is 193 Å². The normalized spacial score (nSPS) is 16.2. The van der Waals surface area contributed by atoms with Crippen LogP contribution in [0.5, 0.6) is 5.75 Å². The molecule has 0 aliphatic carbocycles. The van der Waals surface area contributed by atoms with Crippen LogP contribution in [0.1, 0.15) is 18.4 Å². The van der Waals surface area contributed by atoms with Crippen LogP contribution in [0.4, 0.5) is 11.4 Å². The third-order valence-corrected chi connectivity index (χ3v) is 7.25. The fourth-order valence-electron chi connectivity index (χ4n) is 3.26. The zero-order chi connectivity index (χ0) is 23.3. The number of carbonyl (C=O) groups is 1. The van der Waals surface area contributed by atoms with Crippen molar-refractivity contribution in [2.75, 3.05) is 44.5 Å². The van der Waals surface area contributed by atoms with Crippen molar-refractivity contribution in [2.45, 2.75) is 30.8 Å². The van der Waals surface area contributed by atoms with E-state index in [1.807, 2.05) is 0 Å². The highest BCUT2D eigenvalue weighted by Gasteiger charge is 2.21. The lowest BCUT2D eigenvalue weighted by atomic mass is 10.2. The number of nitrogens with zero attached hydrogens (tertiary/aromatic N) is 1. The van der Waals surface area contributed by atoms with Crippen molar-refractivity contribution in [3.63, 3.8) is 0 Å². The van der Waals surface area contributed by atoms with Gasteiger partial charge in [0.25, 0.3) is 0 Å². The van der Waals surface area contributed by atoms with Crippen LogP contribution in [0.25, 0.3) is 0 Å². The molecular formula is C22H28ClN3O5S. The summed E-state index contributed by atoms with van der Waals surface area (Å²) in [7, 11) is -0.689. The summed E-state index contributed by atoms with van der Waals surface area (Å²) in [6, 6.07) is 9.93. The summed E-state index contributed by atoms with van der Waals surface area (Å²) in [6.07, 6.45) is 2.05. The zero-order valence-corrected chi connectivity index (χ0v) is 19.9. The highest BCUT2D eigenvalue weighted by molar-refractivity contribution is 7.89. The molecule has 1 aliphatic heterocycles. The molecule has 1 amide bonds. The third kappa shape index (κ3) is 6.13. The van der Waals surface area contributed by atoms with Gasteiger partial charge in [-0.2, -0.15) is 0 Å². The molecule has 10 heteroatoms. The Morgan fingerprint density at radius 2 is 2.03 bits per heavy atom. The summed E-state index contributed by atoms with van der Waals surface area (Å²) in [5.74, 6) is 0.236. The minimum Gasteiger partial charge on any atom is -0.489 e. The number of carbonyl (C=O) groups excluding carboxylic acids is 1. The largest absolute Gasteiger partial charge is 0.489 e. The van der Waals surface area contributed by atoms with Gasteiger partial charge in [0, 0.05) is 31.4 Å². The van der Waals surface area contributed by atoms with E-state index in [1.54, 1.807) is 37.3 Å². The summed E-state index contributed by atoms with van der Waals surface area (Å²) >= 11 is 6.11. The lowest BCUT2D eigenvalue weighted by Crippen LogP contribution is -2.24. The highest BCUT2D eigenvalue weighted by atomic mass is 35.5. The topological polar surface area (TPSA) is 97.0 Å². The van der Waals surface area contributed by atoms with Crippen LogP contribution in [0.3, 0.4) is 0 Å². The Balaban J connectivity index is 1.64. The van der Waals surface area contributed by atoms with Crippen LogP contribution < -0.4 is 15.4 Å². The summed E-state index contributed by atoms with van der Waals surface area (Å²) in [4.78, 5) is 12.6. The van der Waals surface area contributed by atoms with Gasteiger partial charge in [-0.05, 0) is 55.7 Å². The smallest absolute Gasteiger partial charge is 0.243 e. The number of nitrogens with one attached hydrogen (secondary N) is 2. The third-order valence-electron chi connectivity index (χ3n) is 5.06. The number of hydrogen-bond acceptors (Lipinski definition) is 6. The van der Waals surface area contributed by atoms with Crippen molar-refractivity contribution in [1.82, 2.24) is 4.31 Å². The maximum Gasteiger partial charge on any atom is 0.243 e. The molecule has 0 bridgehead atoms. The van der Waals surface area contributed by atoms with Crippen molar-refractivity contribution in [3.8, 4) is 5.75 Å². The average Bonchev–Trinajstić information content (AvgIpc) is 3.26. The van der Waals surface area contributed by atoms with Crippen LogP contribution in [-0.4, -0.2) is 58.6 Å². The van der Waals surface area contributed by atoms with E-state index in [0.717, 1.165) is 23.8 Å². The molecule has 1 fully saturated rings. The molecule has 174 valence electrons. The van der Waals surface area contributed by atoms with Gasteiger partial charge < -0.3 is 20.1 Å². The number of sulfonamides is 1. The molecule has 2 aromatic rings. The van der Waals surface area contributed by atoms with Crippen LogP contribution in [0, 0.1) is 6.92 Å². The quantitative estimate of drug-likeness (QED) is 0.569. The number of amides is 1. The summed E-state index contributed by atoms with van der Waals surface area (Å²) < 4.78 is 37.6.